The summed E-state index contributed by atoms with van der Waals surface area (Å²) in [5.74, 6) is 0. The van der Waals surface area contributed by atoms with Gasteiger partial charge < -0.3 is 5.32 Å². The van der Waals surface area contributed by atoms with Crippen molar-refractivity contribution in [1.29, 1.82) is 0 Å². The van der Waals surface area contributed by atoms with E-state index in [4.69, 9.17) is 0 Å². The molecule has 1 N–H and O–H groups in total. The van der Waals surface area contributed by atoms with Crippen LogP contribution in [0.2, 0.25) is 0 Å². The first-order chi connectivity index (χ1) is 3.29. The number of halogens is 2. The van der Waals surface area contributed by atoms with E-state index in [9.17, 15) is 4.39 Å². The number of rotatable bonds is 0. The molecule has 0 spiro atoms. The Balaban J connectivity index is 0.000000490. The lowest BCUT2D eigenvalue weighted by molar-refractivity contribution is 0.357. The van der Waals surface area contributed by atoms with Crippen molar-refractivity contribution in [2.75, 3.05) is 6.54 Å². The van der Waals surface area contributed by atoms with Crippen LogP contribution in [-0.2, 0) is 0 Å². The zero-order valence-electron chi connectivity index (χ0n) is 4.86. The third kappa shape index (κ3) is 1.97. The van der Waals surface area contributed by atoms with Crippen LogP contribution >= 0.6 is 12.4 Å². The van der Waals surface area contributed by atoms with Gasteiger partial charge >= 0.3 is 0 Å². The van der Waals surface area contributed by atoms with Crippen molar-refractivity contribution in [3.05, 3.63) is 0 Å². The first-order valence-electron chi connectivity index (χ1n) is 2.66. The second-order valence-electron chi connectivity index (χ2n) is 2.14. The molecule has 50 valence electrons. The van der Waals surface area contributed by atoms with Gasteiger partial charge in [-0.05, 0) is 13.3 Å². The van der Waals surface area contributed by atoms with E-state index in [1.807, 2.05) is 6.92 Å². The fraction of sp³-hybridized carbons (Fsp3) is 1.00. The Morgan fingerprint density at radius 1 is 1.62 bits per heavy atom. The summed E-state index contributed by atoms with van der Waals surface area (Å²) in [6, 6.07) is 0.398. The summed E-state index contributed by atoms with van der Waals surface area (Å²) in [5, 5.41) is 2.99. The number of hydrogen-bond donors (Lipinski definition) is 1. The van der Waals surface area contributed by atoms with E-state index in [1.165, 1.54) is 0 Å². The minimum atomic E-state index is -0.588. The molecule has 0 aromatic rings. The predicted octanol–water partition coefficient (Wildman–Crippen LogP) is 1.13. The molecular weight excluding hydrogens is 129 g/mol. The summed E-state index contributed by atoms with van der Waals surface area (Å²) >= 11 is 0. The molecule has 0 saturated carbocycles. The van der Waals surface area contributed by atoms with Gasteiger partial charge in [0.15, 0.2) is 0 Å². The molecule has 2 atom stereocenters. The zero-order chi connectivity index (χ0) is 5.28. The number of hydrogen-bond acceptors (Lipinski definition) is 1. The molecule has 0 unspecified atom stereocenters. The molecule has 1 nitrogen and oxygen atoms in total. The summed E-state index contributed by atoms with van der Waals surface area (Å²) in [6.07, 6.45) is 0.106. The van der Waals surface area contributed by atoms with Gasteiger partial charge in [0.25, 0.3) is 0 Å². The van der Waals surface area contributed by atoms with Gasteiger partial charge in [-0.3, -0.25) is 0 Å². The molecule has 0 aliphatic carbocycles. The molecule has 0 bridgehead atoms. The van der Waals surface area contributed by atoms with Crippen LogP contribution in [0.5, 0.6) is 0 Å². The quantitative estimate of drug-likeness (QED) is 0.531. The summed E-state index contributed by atoms with van der Waals surface area (Å²) in [5.41, 5.74) is 0. The van der Waals surface area contributed by atoms with Gasteiger partial charge in [-0.15, -0.1) is 12.4 Å². The first-order valence-corrected chi connectivity index (χ1v) is 2.66. The molecule has 1 aliphatic rings. The van der Waals surface area contributed by atoms with Crippen LogP contribution < -0.4 is 5.32 Å². The summed E-state index contributed by atoms with van der Waals surface area (Å²) in [6.45, 7) is 2.56. The summed E-state index contributed by atoms with van der Waals surface area (Å²) in [7, 11) is 0. The van der Waals surface area contributed by atoms with E-state index in [0.717, 1.165) is 0 Å². The molecule has 1 rings (SSSR count). The van der Waals surface area contributed by atoms with Crippen molar-refractivity contribution in [2.45, 2.75) is 25.6 Å². The SMILES string of the molecule is C[C@H]1C[C@H](F)CN1.Cl. The number of alkyl halides is 1. The highest BCUT2D eigenvalue weighted by molar-refractivity contribution is 5.85. The van der Waals surface area contributed by atoms with Crippen LogP contribution in [0.1, 0.15) is 13.3 Å². The van der Waals surface area contributed by atoms with Gasteiger partial charge in [0, 0.05) is 12.6 Å². The highest BCUT2D eigenvalue weighted by Crippen LogP contribution is 2.07. The highest BCUT2D eigenvalue weighted by Gasteiger charge is 2.18. The Labute approximate surface area is 55.1 Å². The fourth-order valence-corrected chi connectivity index (χ4v) is 0.879. The Morgan fingerprint density at radius 3 is 2.38 bits per heavy atom. The van der Waals surface area contributed by atoms with Crippen molar-refractivity contribution in [3.8, 4) is 0 Å². The second-order valence-corrected chi connectivity index (χ2v) is 2.14. The van der Waals surface area contributed by atoms with E-state index in [0.29, 0.717) is 19.0 Å². The fourth-order valence-electron chi connectivity index (χ4n) is 0.879. The van der Waals surface area contributed by atoms with Crippen molar-refractivity contribution < 1.29 is 4.39 Å². The molecule has 1 saturated heterocycles. The number of nitrogens with one attached hydrogen (secondary N) is 1. The van der Waals surface area contributed by atoms with Gasteiger partial charge in [-0.25, -0.2) is 4.39 Å². The molecule has 1 fully saturated rings. The summed E-state index contributed by atoms with van der Waals surface area (Å²) in [4.78, 5) is 0. The molecule has 0 aromatic heterocycles. The Kier molecular flexibility index (Phi) is 3.33. The van der Waals surface area contributed by atoms with E-state index in [1.54, 1.807) is 0 Å². The molecule has 3 heteroatoms. The van der Waals surface area contributed by atoms with E-state index >= 15 is 0 Å². The standard InChI is InChI=1S/C5H10FN.ClH/c1-4-2-5(6)3-7-4;/h4-5,7H,2-3H2,1H3;1H/t4-,5-;/m0./s1. The van der Waals surface area contributed by atoms with Crippen LogP contribution in [0.3, 0.4) is 0 Å². The van der Waals surface area contributed by atoms with E-state index in [-0.39, 0.29) is 12.4 Å². The molecular formula is C5H11ClFN. The molecule has 8 heavy (non-hydrogen) atoms. The molecule has 1 heterocycles. The average Bonchev–Trinajstić information content (AvgIpc) is 1.87. The van der Waals surface area contributed by atoms with Gasteiger partial charge in [-0.1, -0.05) is 0 Å². The topological polar surface area (TPSA) is 12.0 Å². The van der Waals surface area contributed by atoms with Crippen LogP contribution in [0.15, 0.2) is 0 Å². The normalized spacial score (nSPS) is 36.8. The second kappa shape index (κ2) is 3.25. The zero-order valence-corrected chi connectivity index (χ0v) is 5.67. The lowest BCUT2D eigenvalue weighted by Crippen LogP contribution is -2.16. The molecule has 0 aromatic carbocycles. The van der Waals surface area contributed by atoms with Gasteiger partial charge in [0.1, 0.15) is 6.17 Å². The van der Waals surface area contributed by atoms with Gasteiger partial charge in [0.05, 0.1) is 0 Å². The van der Waals surface area contributed by atoms with Crippen LogP contribution in [-0.4, -0.2) is 18.8 Å². The maximum absolute atomic E-state index is 12.1. The molecule has 0 radical (unpaired) electrons. The van der Waals surface area contributed by atoms with Crippen molar-refractivity contribution >= 4 is 12.4 Å². The van der Waals surface area contributed by atoms with Crippen molar-refractivity contribution in [1.82, 2.24) is 5.32 Å². The summed E-state index contributed by atoms with van der Waals surface area (Å²) < 4.78 is 12.1. The van der Waals surface area contributed by atoms with Crippen LogP contribution in [0.4, 0.5) is 4.39 Å². The maximum atomic E-state index is 12.1. The third-order valence-corrected chi connectivity index (χ3v) is 1.30. The van der Waals surface area contributed by atoms with Crippen LogP contribution in [0, 0.1) is 0 Å². The molecule has 0 amide bonds. The monoisotopic (exact) mass is 139 g/mol. The van der Waals surface area contributed by atoms with Crippen molar-refractivity contribution in [3.63, 3.8) is 0 Å². The predicted molar refractivity (Wildman–Crippen MR) is 34.2 cm³/mol. The third-order valence-electron chi connectivity index (χ3n) is 1.30. The molecule has 1 aliphatic heterocycles. The Morgan fingerprint density at radius 2 is 2.25 bits per heavy atom. The maximum Gasteiger partial charge on any atom is 0.114 e. The van der Waals surface area contributed by atoms with Crippen molar-refractivity contribution in [2.24, 2.45) is 0 Å². The Hall–Kier alpha value is 0.180. The average molecular weight is 140 g/mol. The van der Waals surface area contributed by atoms with Gasteiger partial charge in [0.2, 0.25) is 0 Å². The largest absolute Gasteiger partial charge is 0.311 e. The first kappa shape index (κ1) is 8.18. The van der Waals surface area contributed by atoms with Crippen LogP contribution in [0.25, 0.3) is 0 Å². The lowest BCUT2D eigenvalue weighted by atomic mass is 10.2. The minimum Gasteiger partial charge on any atom is -0.311 e. The minimum absolute atomic E-state index is 0. The Bertz CT molecular complexity index is 61.4. The van der Waals surface area contributed by atoms with E-state index in [2.05, 4.69) is 5.32 Å². The highest BCUT2D eigenvalue weighted by atomic mass is 35.5. The van der Waals surface area contributed by atoms with Gasteiger partial charge in [-0.2, -0.15) is 0 Å². The smallest absolute Gasteiger partial charge is 0.114 e. The van der Waals surface area contributed by atoms with E-state index < -0.39 is 6.17 Å². The lowest BCUT2D eigenvalue weighted by Gasteiger charge is -1.94.